The number of rotatable bonds is 7. The molecular weight excluding hydrogens is 158 g/mol. The van der Waals surface area contributed by atoms with Gasteiger partial charge in [-0.05, 0) is 12.3 Å². The van der Waals surface area contributed by atoms with Crippen molar-refractivity contribution in [3.05, 3.63) is 0 Å². The predicted octanol–water partition coefficient (Wildman–Crippen LogP) is 1.03. The molecule has 0 bridgehead atoms. The average molecular weight is 175 g/mol. The maximum Gasteiger partial charge on any atom is 0.303 e. The van der Waals surface area contributed by atoms with Crippen LogP contribution in [-0.4, -0.2) is 24.7 Å². The van der Waals surface area contributed by atoms with E-state index in [-0.39, 0.29) is 12.3 Å². The summed E-state index contributed by atoms with van der Waals surface area (Å²) in [7, 11) is 1.69. The van der Waals surface area contributed by atoms with Crippen molar-refractivity contribution in [1.29, 1.82) is 0 Å². The third kappa shape index (κ3) is 6.12. The lowest BCUT2D eigenvalue weighted by Gasteiger charge is -2.11. The van der Waals surface area contributed by atoms with Crippen molar-refractivity contribution in [3.8, 4) is 0 Å². The first kappa shape index (κ1) is 11.4. The Hall–Kier alpha value is -0.610. The van der Waals surface area contributed by atoms with Crippen molar-refractivity contribution < 1.29 is 14.7 Å². The van der Waals surface area contributed by atoms with Gasteiger partial charge in [0.05, 0.1) is 6.61 Å². The van der Waals surface area contributed by atoms with E-state index in [1.807, 2.05) is 6.92 Å². The number of hydroxylamine groups is 1. The topological polar surface area (TPSA) is 58.6 Å². The lowest BCUT2D eigenvalue weighted by atomic mass is 9.99. The van der Waals surface area contributed by atoms with Gasteiger partial charge in [0.2, 0.25) is 0 Å². The zero-order valence-corrected chi connectivity index (χ0v) is 7.67. The Labute approximate surface area is 72.9 Å². The SMILES string of the molecule is CCC(CCONC)CC(=O)O. The van der Waals surface area contributed by atoms with Crippen LogP contribution < -0.4 is 5.48 Å². The number of aliphatic carboxylic acids is 1. The van der Waals surface area contributed by atoms with Gasteiger partial charge in [-0.25, -0.2) is 5.48 Å². The molecule has 0 fully saturated rings. The van der Waals surface area contributed by atoms with Gasteiger partial charge >= 0.3 is 5.97 Å². The van der Waals surface area contributed by atoms with Crippen molar-refractivity contribution in [1.82, 2.24) is 5.48 Å². The van der Waals surface area contributed by atoms with Crippen LogP contribution in [0.4, 0.5) is 0 Å². The summed E-state index contributed by atoms with van der Waals surface area (Å²) in [4.78, 5) is 15.2. The summed E-state index contributed by atoms with van der Waals surface area (Å²) >= 11 is 0. The molecule has 0 aromatic rings. The normalized spacial score (nSPS) is 12.8. The Morgan fingerprint density at radius 3 is 2.75 bits per heavy atom. The molecule has 12 heavy (non-hydrogen) atoms. The van der Waals surface area contributed by atoms with E-state index in [4.69, 9.17) is 9.94 Å². The number of carboxylic acid groups (broad SMARTS) is 1. The summed E-state index contributed by atoms with van der Waals surface area (Å²) < 4.78 is 0. The third-order valence-electron chi connectivity index (χ3n) is 1.81. The molecule has 0 rings (SSSR count). The molecule has 0 heterocycles. The largest absolute Gasteiger partial charge is 0.481 e. The lowest BCUT2D eigenvalue weighted by Crippen LogP contribution is -2.14. The molecule has 0 aliphatic rings. The van der Waals surface area contributed by atoms with Gasteiger partial charge in [-0.15, -0.1) is 0 Å². The van der Waals surface area contributed by atoms with Crippen LogP contribution in [0.2, 0.25) is 0 Å². The quantitative estimate of drug-likeness (QED) is 0.448. The van der Waals surface area contributed by atoms with Crippen molar-refractivity contribution in [2.45, 2.75) is 26.2 Å². The zero-order valence-electron chi connectivity index (χ0n) is 7.67. The number of carboxylic acids is 1. The fourth-order valence-electron chi connectivity index (χ4n) is 1.03. The molecule has 0 aliphatic heterocycles. The molecule has 0 amide bonds. The van der Waals surface area contributed by atoms with Gasteiger partial charge in [-0.1, -0.05) is 13.3 Å². The highest BCUT2D eigenvalue weighted by Gasteiger charge is 2.10. The summed E-state index contributed by atoms with van der Waals surface area (Å²) in [6.45, 7) is 2.56. The van der Waals surface area contributed by atoms with E-state index >= 15 is 0 Å². The van der Waals surface area contributed by atoms with Crippen molar-refractivity contribution in [3.63, 3.8) is 0 Å². The van der Waals surface area contributed by atoms with Gasteiger partial charge in [-0.2, -0.15) is 0 Å². The van der Waals surface area contributed by atoms with Crippen LogP contribution in [0.15, 0.2) is 0 Å². The summed E-state index contributed by atoms with van der Waals surface area (Å²) in [5.74, 6) is -0.498. The molecule has 0 spiro atoms. The molecule has 4 heteroatoms. The molecule has 72 valence electrons. The standard InChI is InChI=1S/C8H17NO3/c1-3-7(6-8(10)11)4-5-12-9-2/h7,9H,3-6H2,1-2H3,(H,10,11). The molecule has 4 nitrogen and oxygen atoms in total. The zero-order chi connectivity index (χ0) is 9.40. The highest BCUT2D eigenvalue weighted by Crippen LogP contribution is 2.12. The van der Waals surface area contributed by atoms with Crippen LogP contribution in [0.25, 0.3) is 0 Å². The molecule has 0 radical (unpaired) electrons. The number of carbonyl (C=O) groups is 1. The van der Waals surface area contributed by atoms with Gasteiger partial charge in [-0.3, -0.25) is 4.79 Å². The Kier molecular flexibility index (Phi) is 6.70. The van der Waals surface area contributed by atoms with Crippen LogP contribution in [0.3, 0.4) is 0 Å². The number of hydrogen-bond acceptors (Lipinski definition) is 3. The molecule has 1 atom stereocenters. The second-order valence-electron chi connectivity index (χ2n) is 2.71. The molecule has 0 aliphatic carbocycles. The number of hydrogen-bond donors (Lipinski definition) is 2. The van der Waals surface area contributed by atoms with Gasteiger partial charge in [0.25, 0.3) is 0 Å². The first-order valence-electron chi connectivity index (χ1n) is 4.21. The van der Waals surface area contributed by atoms with Crippen molar-refractivity contribution >= 4 is 5.97 Å². The fourth-order valence-corrected chi connectivity index (χ4v) is 1.03. The molecule has 1 unspecified atom stereocenters. The van der Waals surface area contributed by atoms with Crippen molar-refractivity contribution in [2.24, 2.45) is 5.92 Å². The minimum atomic E-state index is -0.730. The molecule has 0 aromatic carbocycles. The van der Waals surface area contributed by atoms with Gasteiger partial charge in [0, 0.05) is 13.5 Å². The Bertz CT molecular complexity index is 127. The van der Waals surface area contributed by atoms with E-state index < -0.39 is 5.97 Å². The summed E-state index contributed by atoms with van der Waals surface area (Å²) in [6.07, 6.45) is 1.92. The van der Waals surface area contributed by atoms with Crippen LogP contribution in [0.1, 0.15) is 26.2 Å². The monoisotopic (exact) mass is 175 g/mol. The first-order chi connectivity index (χ1) is 5.70. The molecule has 0 aromatic heterocycles. The van der Waals surface area contributed by atoms with Crippen LogP contribution in [0.5, 0.6) is 0 Å². The maximum atomic E-state index is 10.3. The Morgan fingerprint density at radius 1 is 1.67 bits per heavy atom. The van der Waals surface area contributed by atoms with Gasteiger partial charge in [0.15, 0.2) is 0 Å². The minimum Gasteiger partial charge on any atom is -0.481 e. The van der Waals surface area contributed by atoms with E-state index in [9.17, 15) is 4.79 Å². The highest BCUT2D eigenvalue weighted by atomic mass is 16.6. The van der Waals surface area contributed by atoms with E-state index in [0.717, 1.165) is 12.8 Å². The first-order valence-corrected chi connectivity index (χ1v) is 4.21. The van der Waals surface area contributed by atoms with Gasteiger partial charge in [0.1, 0.15) is 0 Å². The van der Waals surface area contributed by atoms with Crippen LogP contribution in [0, 0.1) is 5.92 Å². The van der Waals surface area contributed by atoms with E-state index in [1.165, 1.54) is 0 Å². The molecule has 2 N–H and O–H groups in total. The fraction of sp³-hybridized carbons (Fsp3) is 0.875. The van der Waals surface area contributed by atoms with E-state index in [1.54, 1.807) is 7.05 Å². The summed E-state index contributed by atoms with van der Waals surface area (Å²) in [6, 6.07) is 0. The Balaban J connectivity index is 3.46. The van der Waals surface area contributed by atoms with E-state index in [2.05, 4.69) is 5.48 Å². The Morgan fingerprint density at radius 2 is 2.33 bits per heavy atom. The van der Waals surface area contributed by atoms with Crippen LogP contribution in [-0.2, 0) is 9.63 Å². The smallest absolute Gasteiger partial charge is 0.303 e. The maximum absolute atomic E-state index is 10.3. The van der Waals surface area contributed by atoms with Crippen LogP contribution >= 0.6 is 0 Å². The summed E-state index contributed by atoms with van der Waals surface area (Å²) in [5, 5.41) is 8.52. The van der Waals surface area contributed by atoms with E-state index in [0.29, 0.717) is 6.61 Å². The third-order valence-corrected chi connectivity index (χ3v) is 1.81. The van der Waals surface area contributed by atoms with Gasteiger partial charge < -0.3 is 9.94 Å². The lowest BCUT2D eigenvalue weighted by molar-refractivity contribution is -0.138. The number of nitrogens with one attached hydrogen (secondary N) is 1. The van der Waals surface area contributed by atoms with Crippen molar-refractivity contribution in [2.75, 3.05) is 13.7 Å². The highest BCUT2D eigenvalue weighted by molar-refractivity contribution is 5.66. The second kappa shape index (κ2) is 7.06. The molecule has 0 saturated heterocycles. The summed E-state index contributed by atoms with van der Waals surface area (Å²) in [5.41, 5.74) is 2.55. The molecule has 0 saturated carbocycles. The predicted molar refractivity (Wildman–Crippen MR) is 45.7 cm³/mol. The molecular formula is C8H17NO3. The minimum absolute atomic E-state index is 0.232. The average Bonchev–Trinajstić information content (AvgIpc) is 2.02. The second-order valence-corrected chi connectivity index (χ2v) is 2.71.